The first-order valence-corrected chi connectivity index (χ1v) is 5.78. The van der Waals surface area contributed by atoms with Gasteiger partial charge in [0.15, 0.2) is 0 Å². The van der Waals surface area contributed by atoms with E-state index in [9.17, 15) is 4.79 Å². The fraction of sp³-hybridized carbons (Fsp3) is 0.417. The smallest absolute Gasteiger partial charge is 0.282 e. The summed E-state index contributed by atoms with van der Waals surface area (Å²) in [4.78, 5) is 15.9. The van der Waals surface area contributed by atoms with E-state index < -0.39 is 0 Å². The van der Waals surface area contributed by atoms with E-state index in [2.05, 4.69) is 10.1 Å². The molecular formula is C12H14N4O. The second-order valence-electron chi connectivity index (χ2n) is 4.49. The molecule has 88 valence electrons. The van der Waals surface area contributed by atoms with Gasteiger partial charge in [-0.25, -0.2) is 9.48 Å². The third-order valence-electron chi connectivity index (χ3n) is 3.10. The van der Waals surface area contributed by atoms with Crippen LogP contribution < -0.4 is 5.69 Å². The summed E-state index contributed by atoms with van der Waals surface area (Å²) in [5.74, 6) is 1.41. The number of aromatic nitrogens is 4. The van der Waals surface area contributed by atoms with Crippen molar-refractivity contribution in [3.05, 3.63) is 46.4 Å². The SMILES string of the molecule is Cn1c(C2CC2)nn(Cc2ccncc2)c1=O. The molecule has 1 fully saturated rings. The molecule has 0 radical (unpaired) electrons. The highest BCUT2D eigenvalue weighted by molar-refractivity contribution is 5.11. The van der Waals surface area contributed by atoms with Crippen molar-refractivity contribution < 1.29 is 0 Å². The predicted molar refractivity (Wildman–Crippen MR) is 62.8 cm³/mol. The van der Waals surface area contributed by atoms with Crippen LogP contribution in [0, 0.1) is 0 Å². The van der Waals surface area contributed by atoms with Crippen molar-refractivity contribution in [2.45, 2.75) is 25.3 Å². The fourth-order valence-electron chi connectivity index (χ4n) is 1.97. The average Bonchev–Trinajstić information content (AvgIpc) is 3.14. The Hall–Kier alpha value is -1.91. The second-order valence-corrected chi connectivity index (χ2v) is 4.49. The van der Waals surface area contributed by atoms with Crippen molar-refractivity contribution in [1.82, 2.24) is 19.3 Å². The quantitative estimate of drug-likeness (QED) is 0.787. The van der Waals surface area contributed by atoms with Crippen LogP contribution in [-0.4, -0.2) is 19.3 Å². The molecule has 0 unspecified atom stereocenters. The fourth-order valence-corrected chi connectivity index (χ4v) is 1.97. The number of hydrogen-bond donors (Lipinski definition) is 0. The zero-order chi connectivity index (χ0) is 11.8. The van der Waals surface area contributed by atoms with E-state index >= 15 is 0 Å². The summed E-state index contributed by atoms with van der Waals surface area (Å²) in [6.45, 7) is 0.516. The molecule has 1 aliphatic carbocycles. The number of pyridine rings is 1. The highest BCUT2D eigenvalue weighted by Gasteiger charge is 2.29. The summed E-state index contributed by atoms with van der Waals surface area (Å²) in [6, 6.07) is 3.80. The summed E-state index contributed by atoms with van der Waals surface area (Å²) < 4.78 is 3.20. The molecule has 3 rings (SSSR count). The van der Waals surface area contributed by atoms with Gasteiger partial charge in [0.2, 0.25) is 0 Å². The molecule has 0 amide bonds. The van der Waals surface area contributed by atoms with E-state index in [-0.39, 0.29) is 5.69 Å². The zero-order valence-electron chi connectivity index (χ0n) is 9.71. The minimum absolute atomic E-state index is 0.0382. The van der Waals surface area contributed by atoms with Crippen LogP contribution in [0.2, 0.25) is 0 Å². The number of nitrogens with zero attached hydrogens (tertiary/aromatic N) is 4. The molecule has 1 aliphatic rings. The maximum atomic E-state index is 12.0. The van der Waals surface area contributed by atoms with E-state index in [1.807, 2.05) is 12.1 Å². The maximum Gasteiger partial charge on any atom is 0.345 e. The van der Waals surface area contributed by atoms with Crippen molar-refractivity contribution in [1.29, 1.82) is 0 Å². The van der Waals surface area contributed by atoms with Crippen molar-refractivity contribution in [2.75, 3.05) is 0 Å². The summed E-state index contributed by atoms with van der Waals surface area (Å²) in [7, 11) is 1.80. The maximum absolute atomic E-state index is 12.0. The number of hydrogen-bond acceptors (Lipinski definition) is 3. The third-order valence-corrected chi connectivity index (χ3v) is 3.10. The lowest BCUT2D eigenvalue weighted by Gasteiger charge is -1.98. The highest BCUT2D eigenvalue weighted by Crippen LogP contribution is 2.38. The van der Waals surface area contributed by atoms with Gasteiger partial charge in [-0.05, 0) is 30.5 Å². The van der Waals surface area contributed by atoms with Crippen LogP contribution >= 0.6 is 0 Å². The first-order valence-electron chi connectivity index (χ1n) is 5.78. The first kappa shape index (κ1) is 10.3. The normalized spacial score (nSPS) is 15.1. The number of rotatable bonds is 3. The van der Waals surface area contributed by atoms with Gasteiger partial charge in [-0.3, -0.25) is 9.55 Å². The molecule has 0 aliphatic heterocycles. The summed E-state index contributed by atoms with van der Waals surface area (Å²) >= 11 is 0. The Morgan fingerprint density at radius 1 is 1.35 bits per heavy atom. The van der Waals surface area contributed by atoms with E-state index in [4.69, 9.17) is 0 Å². The summed E-state index contributed by atoms with van der Waals surface area (Å²) in [5.41, 5.74) is 1.01. The van der Waals surface area contributed by atoms with Gasteiger partial charge in [-0.2, -0.15) is 5.10 Å². The van der Waals surface area contributed by atoms with E-state index in [0.717, 1.165) is 24.2 Å². The molecule has 0 N–H and O–H groups in total. The van der Waals surface area contributed by atoms with Gasteiger partial charge >= 0.3 is 5.69 Å². The Kier molecular flexibility index (Phi) is 2.31. The van der Waals surface area contributed by atoms with Crippen LogP contribution in [0.1, 0.15) is 30.1 Å². The molecule has 0 aromatic carbocycles. The molecule has 2 aromatic rings. The van der Waals surface area contributed by atoms with E-state index in [1.54, 1.807) is 24.0 Å². The monoisotopic (exact) mass is 230 g/mol. The Bertz CT molecular complexity index is 580. The molecule has 2 aromatic heterocycles. The van der Waals surface area contributed by atoms with Crippen LogP contribution in [-0.2, 0) is 13.6 Å². The van der Waals surface area contributed by atoms with Crippen molar-refractivity contribution in [3.8, 4) is 0 Å². The van der Waals surface area contributed by atoms with Crippen LogP contribution in [0.5, 0.6) is 0 Å². The van der Waals surface area contributed by atoms with Crippen molar-refractivity contribution >= 4 is 0 Å². The predicted octanol–water partition coefficient (Wildman–Crippen LogP) is 0.902. The van der Waals surface area contributed by atoms with Crippen LogP contribution in [0.3, 0.4) is 0 Å². The van der Waals surface area contributed by atoms with Gasteiger partial charge in [0.05, 0.1) is 6.54 Å². The Morgan fingerprint density at radius 3 is 2.71 bits per heavy atom. The minimum atomic E-state index is -0.0382. The van der Waals surface area contributed by atoms with Gasteiger partial charge in [0.25, 0.3) is 0 Å². The van der Waals surface area contributed by atoms with Crippen LogP contribution in [0.15, 0.2) is 29.3 Å². The molecule has 1 saturated carbocycles. The first-order chi connectivity index (χ1) is 8.25. The van der Waals surface area contributed by atoms with Gasteiger partial charge < -0.3 is 0 Å². The molecule has 0 saturated heterocycles. The summed E-state index contributed by atoms with van der Waals surface area (Å²) in [5, 5.41) is 4.41. The molecule has 0 bridgehead atoms. The van der Waals surface area contributed by atoms with Crippen LogP contribution in [0.25, 0.3) is 0 Å². The molecule has 0 atom stereocenters. The molecule has 5 heteroatoms. The second kappa shape index (κ2) is 3.84. The molecule has 0 spiro atoms. The lowest BCUT2D eigenvalue weighted by molar-refractivity contribution is 0.644. The minimum Gasteiger partial charge on any atom is -0.282 e. The average molecular weight is 230 g/mol. The van der Waals surface area contributed by atoms with Gasteiger partial charge in [-0.1, -0.05) is 0 Å². The molecule has 17 heavy (non-hydrogen) atoms. The molecule has 2 heterocycles. The Labute approximate surface area is 98.7 Å². The van der Waals surface area contributed by atoms with E-state index in [0.29, 0.717) is 12.5 Å². The van der Waals surface area contributed by atoms with Gasteiger partial charge in [-0.15, -0.1) is 0 Å². The van der Waals surface area contributed by atoms with Gasteiger partial charge in [0.1, 0.15) is 5.82 Å². The third kappa shape index (κ3) is 1.88. The Balaban J connectivity index is 1.93. The largest absolute Gasteiger partial charge is 0.345 e. The van der Waals surface area contributed by atoms with Crippen LogP contribution in [0.4, 0.5) is 0 Å². The van der Waals surface area contributed by atoms with Crippen molar-refractivity contribution in [3.63, 3.8) is 0 Å². The zero-order valence-corrected chi connectivity index (χ0v) is 9.71. The molecular weight excluding hydrogens is 216 g/mol. The molecule has 5 nitrogen and oxygen atoms in total. The highest BCUT2D eigenvalue weighted by atomic mass is 16.2. The standard InChI is InChI=1S/C12H14N4O/c1-15-11(10-2-3-10)14-16(12(15)17)8-9-4-6-13-7-5-9/h4-7,10H,2-3,8H2,1H3. The Morgan fingerprint density at radius 2 is 2.06 bits per heavy atom. The summed E-state index contributed by atoms with van der Waals surface area (Å²) in [6.07, 6.45) is 5.76. The van der Waals surface area contributed by atoms with Gasteiger partial charge in [0, 0.05) is 25.4 Å². The lowest BCUT2D eigenvalue weighted by atomic mass is 10.3. The lowest BCUT2D eigenvalue weighted by Crippen LogP contribution is -2.23. The topological polar surface area (TPSA) is 52.7 Å². The van der Waals surface area contributed by atoms with E-state index in [1.165, 1.54) is 4.68 Å². The van der Waals surface area contributed by atoms with Crippen molar-refractivity contribution in [2.24, 2.45) is 7.05 Å².